The Morgan fingerprint density at radius 2 is 1.88 bits per heavy atom. The van der Waals surface area contributed by atoms with E-state index in [0.29, 0.717) is 17.8 Å². The van der Waals surface area contributed by atoms with Gasteiger partial charge in [-0.1, -0.05) is 6.07 Å². The molecule has 3 N–H and O–H groups in total. The number of benzene rings is 1. The lowest BCUT2D eigenvalue weighted by atomic mass is 10.1. The molecule has 1 aromatic heterocycles. The van der Waals surface area contributed by atoms with Crippen LogP contribution in [0.3, 0.4) is 0 Å². The average molecular weight is 400 g/mol. The number of nitrogens with two attached hydrogens (primary N) is 1. The van der Waals surface area contributed by atoms with Gasteiger partial charge in [-0.2, -0.15) is 0 Å². The third-order valence-corrected chi connectivity index (χ3v) is 4.63. The van der Waals surface area contributed by atoms with E-state index >= 15 is 0 Å². The number of aryl methyl sites for hydroxylation is 2. The summed E-state index contributed by atoms with van der Waals surface area (Å²) in [6, 6.07) is 9.47. The summed E-state index contributed by atoms with van der Waals surface area (Å²) in [4.78, 5) is 14.9. The average Bonchev–Trinajstić information content (AvgIpc) is 3.22. The molecule has 0 radical (unpaired) electrons. The molecule has 1 unspecified atom stereocenters. The number of carbonyl (C=O) groups is 1. The van der Waals surface area contributed by atoms with Crippen LogP contribution in [0.25, 0.3) is 0 Å². The van der Waals surface area contributed by atoms with Crippen molar-refractivity contribution in [2.75, 3.05) is 25.4 Å². The quantitative estimate of drug-likeness (QED) is 0.747. The fourth-order valence-electron chi connectivity index (χ4n) is 3.26. The van der Waals surface area contributed by atoms with Crippen molar-refractivity contribution in [2.24, 2.45) is 0 Å². The molecule has 1 amide bonds. The zero-order chi connectivity index (χ0) is 17.1. The monoisotopic (exact) mass is 399 g/mol. The molecule has 1 aliphatic rings. The Morgan fingerprint density at radius 1 is 1.19 bits per heavy atom. The lowest BCUT2D eigenvalue weighted by Gasteiger charge is -2.26. The number of amides is 1. The summed E-state index contributed by atoms with van der Waals surface area (Å²) in [5.41, 5.74) is 7.97. The maximum absolute atomic E-state index is 12.6. The number of anilines is 1. The van der Waals surface area contributed by atoms with Crippen LogP contribution in [0.5, 0.6) is 0 Å². The summed E-state index contributed by atoms with van der Waals surface area (Å²) in [5, 5.41) is 3.06. The lowest BCUT2D eigenvalue weighted by Crippen LogP contribution is -2.36. The molecule has 3 rings (SSSR count). The number of hydrogen-bond donors (Lipinski definition) is 2. The van der Waals surface area contributed by atoms with E-state index in [4.69, 9.17) is 10.2 Å². The highest BCUT2D eigenvalue weighted by Gasteiger charge is 2.26. The van der Waals surface area contributed by atoms with E-state index in [1.165, 1.54) is 12.8 Å². The van der Waals surface area contributed by atoms with E-state index in [1.807, 2.05) is 38.1 Å². The molecule has 0 saturated carbocycles. The number of hydrogen-bond acceptors (Lipinski definition) is 4. The van der Waals surface area contributed by atoms with E-state index in [-0.39, 0.29) is 36.8 Å². The molecular formula is C19H27Cl2N3O2. The van der Waals surface area contributed by atoms with Crippen LogP contribution in [-0.2, 0) is 0 Å². The van der Waals surface area contributed by atoms with Gasteiger partial charge in [0.25, 0.3) is 5.91 Å². The second kappa shape index (κ2) is 9.86. The number of furan rings is 1. The van der Waals surface area contributed by atoms with E-state index in [0.717, 1.165) is 30.2 Å². The molecule has 7 heteroatoms. The van der Waals surface area contributed by atoms with Crippen molar-refractivity contribution in [1.82, 2.24) is 10.2 Å². The molecule has 1 aromatic carbocycles. The molecule has 0 spiro atoms. The Hall–Kier alpha value is -1.69. The van der Waals surface area contributed by atoms with Gasteiger partial charge in [-0.25, -0.2) is 0 Å². The summed E-state index contributed by atoms with van der Waals surface area (Å²) in [7, 11) is 0. The molecule has 1 saturated heterocycles. The van der Waals surface area contributed by atoms with Gasteiger partial charge in [0.05, 0.1) is 6.04 Å². The van der Waals surface area contributed by atoms with Gasteiger partial charge in [-0.15, -0.1) is 24.8 Å². The van der Waals surface area contributed by atoms with Gasteiger partial charge in [0.2, 0.25) is 0 Å². The zero-order valence-electron chi connectivity index (χ0n) is 15.2. The van der Waals surface area contributed by atoms with E-state index in [1.54, 1.807) is 6.07 Å². The molecule has 0 aliphatic carbocycles. The standard InChI is InChI=1S/C19H25N3O2.2ClH/c1-13-5-7-15(20)11-16(13)19(23)21-12-17(22-9-3-4-10-22)18-8-6-14(2)24-18;;/h5-8,11,17H,3-4,9-10,12,20H2,1-2H3,(H,21,23);2*1H. The summed E-state index contributed by atoms with van der Waals surface area (Å²) in [5.74, 6) is 1.72. The highest BCUT2D eigenvalue weighted by molar-refractivity contribution is 5.96. The van der Waals surface area contributed by atoms with E-state index in [9.17, 15) is 4.79 Å². The largest absolute Gasteiger partial charge is 0.465 e. The third kappa shape index (κ3) is 5.16. The summed E-state index contributed by atoms with van der Waals surface area (Å²) < 4.78 is 5.83. The van der Waals surface area contributed by atoms with Crippen molar-refractivity contribution in [3.8, 4) is 0 Å². The SMILES string of the molecule is Cc1ccc(C(CNC(=O)c2cc(N)ccc2C)N2CCCC2)o1.Cl.Cl. The first-order chi connectivity index (χ1) is 11.5. The van der Waals surface area contributed by atoms with Gasteiger partial charge in [0.1, 0.15) is 11.5 Å². The Morgan fingerprint density at radius 3 is 2.50 bits per heavy atom. The van der Waals surface area contributed by atoms with Gasteiger partial charge in [0.15, 0.2) is 0 Å². The number of nitrogen functional groups attached to an aromatic ring is 1. The Bertz CT molecular complexity index is 727. The molecule has 1 fully saturated rings. The first-order valence-corrected chi connectivity index (χ1v) is 8.49. The van der Waals surface area contributed by atoms with E-state index < -0.39 is 0 Å². The number of carbonyl (C=O) groups excluding carboxylic acids is 1. The topological polar surface area (TPSA) is 71.5 Å². The highest BCUT2D eigenvalue weighted by atomic mass is 35.5. The highest BCUT2D eigenvalue weighted by Crippen LogP contribution is 2.26. The number of rotatable bonds is 5. The molecule has 2 aromatic rings. The normalized spacial score (nSPS) is 15.0. The number of likely N-dealkylation sites (tertiary alicyclic amines) is 1. The maximum Gasteiger partial charge on any atom is 0.251 e. The van der Waals surface area contributed by atoms with Crippen LogP contribution >= 0.6 is 24.8 Å². The van der Waals surface area contributed by atoms with Gasteiger partial charge in [0, 0.05) is 17.8 Å². The number of nitrogens with zero attached hydrogens (tertiary/aromatic N) is 1. The first kappa shape index (κ1) is 22.4. The van der Waals surface area contributed by atoms with Crippen LogP contribution in [0.15, 0.2) is 34.7 Å². The molecule has 1 aliphatic heterocycles. The van der Waals surface area contributed by atoms with E-state index in [2.05, 4.69) is 10.2 Å². The van der Waals surface area contributed by atoms with Crippen molar-refractivity contribution in [1.29, 1.82) is 0 Å². The van der Waals surface area contributed by atoms with Crippen molar-refractivity contribution in [3.63, 3.8) is 0 Å². The van der Waals surface area contributed by atoms with Gasteiger partial charge >= 0.3 is 0 Å². The Labute approximate surface area is 167 Å². The van der Waals surface area contributed by atoms with Crippen LogP contribution in [0.4, 0.5) is 5.69 Å². The molecule has 26 heavy (non-hydrogen) atoms. The van der Waals surface area contributed by atoms with Crippen molar-refractivity contribution in [3.05, 3.63) is 53.0 Å². The molecule has 5 nitrogen and oxygen atoms in total. The maximum atomic E-state index is 12.6. The molecule has 144 valence electrons. The minimum atomic E-state index is -0.0905. The van der Waals surface area contributed by atoms with Crippen LogP contribution in [0.1, 0.15) is 46.3 Å². The Balaban J connectivity index is 0.00000169. The fraction of sp³-hybridized carbons (Fsp3) is 0.421. The number of halogens is 2. The first-order valence-electron chi connectivity index (χ1n) is 8.49. The second-order valence-electron chi connectivity index (χ2n) is 6.49. The minimum absolute atomic E-state index is 0. The predicted octanol–water partition coefficient (Wildman–Crippen LogP) is 3.89. The smallest absolute Gasteiger partial charge is 0.251 e. The summed E-state index contributed by atoms with van der Waals surface area (Å²) >= 11 is 0. The molecular weight excluding hydrogens is 373 g/mol. The molecule has 2 heterocycles. The summed E-state index contributed by atoms with van der Waals surface area (Å²) in [6.07, 6.45) is 2.39. The van der Waals surface area contributed by atoms with Crippen molar-refractivity contribution >= 4 is 36.4 Å². The van der Waals surface area contributed by atoms with Crippen molar-refractivity contribution in [2.45, 2.75) is 32.7 Å². The van der Waals surface area contributed by atoms with Gasteiger partial charge < -0.3 is 15.5 Å². The zero-order valence-corrected chi connectivity index (χ0v) is 16.8. The van der Waals surface area contributed by atoms with Crippen LogP contribution in [-0.4, -0.2) is 30.4 Å². The fourth-order valence-corrected chi connectivity index (χ4v) is 3.26. The lowest BCUT2D eigenvalue weighted by molar-refractivity contribution is 0.0933. The van der Waals surface area contributed by atoms with Gasteiger partial charge in [-0.05, 0) is 69.6 Å². The molecule has 1 atom stereocenters. The van der Waals surface area contributed by atoms with Gasteiger partial charge in [-0.3, -0.25) is 9.69 Å². The van der Waals surface area contributed by atoms with Crippen LogP contribution in [0, 0.1) is 13.8 Å². The minimum Gasteiger partial charge on any atom is -0.465 e. The Kier molecular flexibility index (Phi) is 8.47. The molecule has 0 bridgehead atoms. The van der Waals surface area contributed by atoms with Crippen molar-refractivity contribution < 1.29 is 9.21 Å². The van der Waals surface area contributed by atoms with Crippen LogP contribution in [0.2, 0.25) is 0 Å². The van der Waals surface area contributed by atoms with Crippen LogP contribution < -0.4 is 11.1 Å². The summed E-state index contributed by atoms with van der Waals surface area (Å²) in [6.45, 7) is 6.47. The number of nitrogens with one attached hydrogen (secondary N) is 1. The second-order valence-corrected chi connectivity index (χ2v) is 6.49. The predicted molar refractivity (Wildman–Crippen MR) is 109 cm³/mol. The third-order valence-electron chi connectivity index (χ3n) is 4.63.